The summed E-state index contributed by atoms with van der Waals surface area (Å²) in [6, 6.07) is 12.8. The highest BCUT2D eigenvalue weighted by Gasteiger charge is 2.73. The molecular weight excluding hydrogens is 829 g/mol. The Hall–Kier alpha value is -4.73. The number of hydrogen-bond donors (Lipinski definition) is 1. The van der Waals surface area contributed by atoms with E-state index in [2.05, 4.69) is 19.8 Å². The van der Waals surface area contributed by atoms with Gasteiger partial charge in [0.25, 0.3) is 5.69 Å². The largest absolute Gasteiger partial charge is 0.455 e. The Labute approximate surface area is 366 Å². The topological polar surface area (TPSA) is 148 Å². The first-order valence-electron chi connectivity index (χ1n) is 22.6. The highest BCUT2D eigenvalue weighted by atomic mass is 32.2. The molecule has 2 aromatic heterocycles. The van der Waals surface area contributed by atoms with E-state index >= 15 is 0 Å². The van der Waals surface area contributed by atoms with Gasteiger partial charge in [0.2, 0.25) is 6.43 Å². The Kier molecular flexibility index (Phi) is 11.0. The number of Topliss-reactive ketones (excluding diaryl/α,β-unsaturated/α-hetero) is 1. The molecule has 63 heavy (non-hydrogen) atoms. The van der Waals surface area contributed by atoms with Crippen LogP contribution in [0.15, 0.2) is 77.0 Å². The summed E-state index contributed by atoms with van der Waals surface area (Å²) in [5.74, 6) is -0.662. The first-order chi connectivity index (χ1) is 30.3. The van der Waals surface area contributed by atoms with Gasteiger partial charge in [-0.05, 0) is 124 Å². The van der Waals surface area contributed by atoms with Crippen molar-refractivity contribution in [2.75, 3.05) is 56.6 Å². The summed E-state index contributed by atoms with van der Waals surface area (Å²) in [5, 5.41) is 12.9. The number of fused-ring (bicyclic) bond motifs is 1. The lowest BCUT2D eigenvalue weighted by molar-refractivity contribution is -0.385. The van der Waals surface area contributed by atoms with Crippen LogP contribution in [-0.4, -0.2) is 92.1 Å². The van der Waals surface area contributed by atoms with E-state index in [0.717, 1.165) is 68.9 Å². The van der Waals surface area contributed by atoms with Gasteiger partial charge in [-0.25, -0.2) is 22.2 Å². The minimum atomic E-state index is -4.29. The lowest BCUT2D eigenvalue weighted by Crippen LogP contribution is -2.66. The average molecular weight is 884 g/mol. The molecule has 15 heteroatoms. The maximum absolute atomic E-state index is 14.1. The molecule has 2 aliphatic heterocycles. The fraction of sp³-hybridized carbons (Fsp3) is 0.542. The number of anilines is 1. The molecule has 4 heterocycles. The number of allylic oxidation sites excluding steroid dienone is 1. The molecule has 2 bridgehead atoms. The number of hydrogen-bond acceptors (Lipinski definition) is 10. The van der Waals surface area contributed by atoms with E-state index in [1.807, 2.05) is 12.1 Å². The highest BCUT2D eigenvalue weighted by molar-refractivity contribution is 7.92. The molecule has 4 aromatic rings. The summed E-state index contributed by atoms with van der Waals surface area (Å²) in [4.78, 5) is 37.6. The van der Waals surface area contributed by atoms with E-state index in [1.54, 1.807) is 30.6 Å². The van der Waals surface area contributed by atoms with Crippen LogP contribution in [0.2, 0.25) is 0 Å². The van der Waals surface area contributed by atoms with Crippen molar-refractivity contribution in [1.29, 1.82) is 0 Å². The van der Waals surface area contributed by atoms with E-state index in [1.165, 1.54) is 49.0 Å². The maximum Gasteiger partial charge on any atom is 0.273 e. The van der Waals surface area contributed by atoms with E-state index in [4.69, 9.17) is 9.47 Å². The van der Waals surface area contributed by atoms with Crippen LogP contribution in [0.5, 0.6) is 11.5 Å². The molecule has 2 saturated heterocycles. The molecule has 0 amide bonds. The number of halogens is 2. The Morgan fingerprint density at radius 3 is 2.51 bits per heavy atom. The molecule has 1 spiro atoms. The van der Waals surface area contributed by atoms with Crippen molar-refractivity contribution in [2.24, 2.45) is 22.2 Å². The third-order valence-corrected chi connectivity index (χ3v) is 17.3. The number of nitrogens with one attached hydrogen (secondary N) is 1. The van der Waals surface area contributed by atoms with Crippen molar-refractivity contribution in [3.05, 3.63) is 93.3 Å². The SMILES string of the molecule is O=C(CS(=O)(=O)c1ccc(CCC2CCOCC2)c([N+](=O)[O-])c1)c1ccc(N2CCN(CC3=C(C45CC(C(F)F)(C4)C5)CC4(CCC4)CC3)CC2)cc1Oc1cnc2[nH]ccc2c1. The first kappa shape index (κ1) is 42.2. The number of benzene rings is 2. The molecule has 0 atom stereocenters. The van der Waals surface area contributed by atoms with Gasteiger partial charge in [0, 0.05) is 86.3 Å². The zero-order valence-electron chi connectivity index (χ0n) is 35.6. The monoisotopic (exact) mass is 883 g/mol. The number of aryl methyl sites for hydroxylation is 1. The van der Waals surface area contributed by atoms with Crippen molar-refractivity contribution >= 4 is 38.0 Å². The van der Waals surface area contributed by atoms with Gasteiger partial charge in [-0.3, -0.25) is 19.8 Å². The quantitative estimate of drug-likeness (QED) is 0.0530. The minimum absolute atomic E-state index is 0.000181. The average Bonchev–Trinajstić information content (AvgIpc) is 3.70. The molecule has 1 N–H and O–H groups in total. The highest BCUT2D eigenvalue weighted by Crippen LogP contribution is 2.80. The third kappa shape index (κ3) is 8.07. The first-order valence-corrected chi connectivity index (χ1v) is 24.3. The maximum atomic E-state index is 14.1. The van der Waals surface area contributed by atoms with E-state index in [9.17, 15) is 32.1 Å². The van der Waals surface area contributed by atoms with Crippen LogP contribution in [0, 0.1) is 32.3 Å². The number of piperazine rings is 1. The number of carbonyl (C=O) groups is 1. The summed E-state index contributed by atoms with van der Waals surface area (Å²) in [5.41, 5.74) is 4.41. The van der Waals surface area contributed by atoms with Crippen LogP contribution in [-0.2, 0) is 21.0 Å². The van der Waals surface area contributed by atoms with E-state index in [0.29, 0.717) is 80.3 Å². The molecule has 334 valence electrons. The summed E-state index contributed by atoms with van der Waals surface area (Å²) in [6.45, 7) is 5.25. The molecule has 7 aliphatic rings. The Bertz CT molecular complexity index is 2560. The van der Waals surface area contributed by atoms with Gasteiger partial charge in [0.1, 0.15) is 22.9 Å². The third-order valence-electron chi connectivity index (χ3n) is 15.6. The summed E-state index contributed by atoms with van der Waals surface area (Å²) >= 11 is 0. The second-order valence-electron chi connectivity index (χ2n) is 19.5. The predicted octanol–water partition coefficient (Wildman–Crippen LogP) is 9.49. The van der Waals surface area contributed by atoms with Crippen LogP contribution >= 0.6 is 0 Å². The van der Waals surface area contributed by atoms with Crippen molar-refractivity contribution in [3.8, 4) is 11.5 Å². The molecule has 4 saturated carbocycles. The molecule has 0 unspecified atom stereocenters. The lowest BCUT2D eigenvalue weighted by Gasteiger charge is -2.72. The second kappa shape index (κ2) is 16.4. The number of ketones is 1. The van der Waals surface area contributed by atoms with Gasteiger partial charge >= 0.3 is 0 Å². The van der Waals surface area contributed by atoms with Crippen LogP contribution in [0.3, 0.4) is 0 Å². The Morgan fingerprint density at radius 2 is 1.79 bits per heavy atom. The number of nitrogens with zero attached hydrogens (tertiary/aromatic N) is 4. The van der Waals surface area contributed by atoms with Crippen molar-refractivity contribution in [3.63, 3.8) is 0 Å². The van der Waals surface area contributed by atoms with Crippen LogP contribution in [0.25, 0.3) is 11.0 Å². The predicted molar refractivity (Wildman–Crippen MR) is 234 cm³/mol. The van der Waals surface area contributed by atoms with Gasteiger partial charge < -0.3 is 19.4 Å². The fourth-order valence-electron chi connectivity index (χ4n) is 11.8. The Balaban J connectivity index is 0.855. The minimum Gasteiger partial charge on any atom is -0.455 e. The van der Waals surface area contributed by atoms with Gasteiger partial charge in [-0.15, -0.1) is 0 Å². The van der Waals surface area contributed by atoms with Gasteiger partial charge in [-0.1, -0.05) is 23.6 Å². The number of nitro groups is 1. The number of H-pyrrole nitrogens is 1. The molecule has 2 aromatic carbocycles. The number of alkyl halides is 2. The number of ether oxygens (including phenoxy) is 2. The summed E-state index contributed by atoms with van der Waals surface area (Å²) < 4.78 is 67.2. The number of nitro benzene ring substituents is 1. The van der Waals surface area contributed by atoms with Crippen LogP contribution < -0.4 is 9.64 Å². The lowest BCUT2D eigenvalue weighted by atomic mass is 9.31. The second-order valence-corrected chi connectivity index (χ2v) is 21.5. The van der Waals surface area contributed by atoms with Crippen molar-refractivity contribution < 1.29 is 36.4 Å². The van der Waals surface area contributed by atoms with Gasteiger partial charge in [-0.2, -0.15) is 0 Å². The molecule has 11 rings (SSSR count). The number of aromatic amines is 1. The Morgan fingerprint density at radius 1 is 1.02 bits per heavy atom. The van der Waals surface area contributed by atoms with Crippen LogP contribution in [0.1, 0.15) is 93.0 Å². The number of rotatable bonds is 15. The number of sulfone groups is 1. The van der Waals surface area contributed by atoms with Crippen molar-refractivity contribution in [1.82, 2.24) is 14.9 Å². The van der Waals surface area contributed by atoms with Crippen molar-refractivity contribution in [2.45, 2.75) is 94.8 Å². The smallest absolute Gasteiger partial charge is 0.273 e. The molecule has 5 aliphatic carbocycles. The summed E-state index contributed by atoms with van der Waals surface area (Å²) in [6.07, 6.45) is 13.1. The van der Waals surface area contributed by atoms with Gasteiger partial charge in [0.05, 0.1) is 21.6 Å². The molecule has 12 nitrogen and oxygen atoms in total. The summed E-state index contributed by atoms with van der Waals surface area (Å²) in [7, 11) is -4.29. The molecular formula is C48H55F2N5O7S. The number of aromatic nitrogens is 2. The zero-order valence-corrected chi connectivity index (χ0v) is 36.4. The zero-order chi connectivity index (χ0) is 43.6. The van der Waals surface area contributed by atoms with E-state index in [-0.39, 0.29) is 27.3 Å². The fourth-order valence-corrected chi connectivity index (χ4v) is 13.1. The number of carbonyl (C=O) groups excluding carboxylic acids is 1. The molecule has 0 radical (unpaired) electrons. The van der Waals surface area contributed by atoms with Gasteiger partial charge in [0.15, 0.2) is 15.6 Å². The molecule has 6 fully saturated rings. The van der Waals surface area contributed by atoms with Crippen LogP contribution in [0.4, 0.5) is 20.2 Å². The number of pyridine rings is 1. The normalized spacial score (nSPS) is 24.9. The standard InChI is InChI=1S/C48H55F2N5O7S/c49-45(50)48-29-47(30-48,31-48)40-25-46(12-1-13-46)14-8-35(40)27-53-16-18-54(19-17-53)36-5-7-39(43(23-36)62-37-22-34-9-15-51-44(34)52-26-37)42(56)28-63(59,60)38-6-4-33(41(24-38)55(57)58)3-2-32-10-20-61-21-11-32/h4-7,9,15,22-24,26,32,45H,1-3,8,10-14,16-21,25,27-31H2,(H,51,52). The van der Waals surface area contributed by atoms with E-state index < -0.39 is 38.1 Å².